The van der Waals surface area contributed by atoms with Crippen LogP contribution in [-0.4, -0.2) is 43.7 Å². The number of benzene rings is 1. The van der Waals surface area contributed by atoms with Crippen molar-refractivity contribution in [3.8, 4) is 12.3 Å². The molecule has 1 aromatic rings. The first kappa shape index (κ1) is 15.2. The molecule has 5 heteroatoms. The normalized spacial score (nSPS) is 15.4. The van der Waals surface area contributed by atoms with E-state index in [2.05, 4.69) is 16.1 Å². The Hall–Kier alpha value is -2.22. The molecule has 0 aromatic heterocycles. The van der Waals surface area contributed by atoms with Gasteiger partial charge in [-0.1, -0.05) is 5.92 Å². The molecule has 1 aliphatic rings. The minimum Gasteiger partial charge on any atom is -0.371 e. The van der Waals surface area contributed by atoms with Gasteiger partial charge in [-0.15, -0.1) is 6.42 Å². The molecule has 1 aromatic carbocycles. The van der Waals surface area contributed by atoms with Crippen LogP contribution < -0.4 is 10.2 Å². The van der Waals surface area contributed by atoms with Gasteiger partial charge in [0.25, 0.3) is 0 Å². The Morgan fingerprint density at radius 3 is 2.62 bits per heavy atom. The van der Waals surface area contributed by atoms with Crippen LogP contribution in [0, 0.1) is 18.2 Å². The van der Waals surface area contributed by atoms with Crippen LogP contribution in [0.15, 0.2) is 24.3 Å². The van der Waals surface area contributed by atoms with E-state index in [1.807, 2.05) is 0 Å². The van der Waals surface area contributed by atoms with Crippen molar-refractivity contribution in [1.29, 1.82) is 0 Å². The average molecular weight is 289 g/mol. The Morgan fingerprint density at radius 1 is 1.43 bits per heavy atom. The van der Waals surface area contributed by atoms with Crippen molar-refractivity contribution in [1.82, 2.24) is 10.2 Å². The van der Waals surface area contributed by atoms with Gasteiger partial charge in [0.05, 0.1) is 6.54 Å². The molecular weight excluding hydrogens is 269 g/mol. The second kappa shape index (κ2) is 6.98. The van der Waals surface area contributed by atoms with E-state index in [9.17, 15) is 9.18 Å². The van der Waals surface area contributed by atoms with E-state index in [1.165, 1.54) is 12.1 Å². The second-order valence-corrected chi connectivity index (χ2v) is 5.17. The lowest BCUT2D eigenvalue weighted by Crippen LogP contribution is -2.49. The number of halogens is 1. The lowest BCUT2D eigenvalue weighted by atomic mass is 10.0. The number of terminal acetylenes is 1. The number of carbonyl (C=O) groups excluding carboxylic acids is 1. The lowest BCUT2D eigenvalue weighted by molar-refractivity contribution is 0.181. The maximum absolute atomic E-state index is 12.9. The lowest BCUT2D eigenvalue weighted by Gasteiger charge is -2.37. The van der Waals surface area contributed by atoms with E-state index >= 15 is 0 Å². The number of hydrogen-bond acceptors (Lipinski definition) is 2. The molecule has 0 atom stereocenters. The molecule has 0 aliphatic carbocycles. The van der Waals surface area contributed by atoms with Gasteiger partial charge >= 0.3 is 6.03 Å². The van der Waals surface area contributed by atoms with Gasteiger partial charge in [0.2, 0.25) is 0 Å². The summed E-state index contributed by atoms with van der Waals surface area (Å²) >= 11 is 0. The molecule has 2 amide bonds. The van der Waals surface area contributed by atoms with Crippen molar-refractivity contribution < 1.29 is 9.18 Å². The number of urea groups is 1. The van der Waals surface area contributed by atoms with E-state index < -0.39 is 0 Å². The summed E-state index contributed by atoms with van der Waals surface area (Å²) in [6, 6.07) is 6.60. The minimum absolute atomic E-state index is 0.131. The largest absolute Gasteiger partial charge is 0.371 e. The monoisotopic (exact) mass is 289 g/mol. The average Bonchev–Trinajstić information content (AvgIpc) is 2.53. The number of anilines is 1. The van der Waals surface area contributed by atoms with Crippen molar-refractivity contribution in [3.63, 3.8) is 0 Å². The van der Waals surface area contributed by atoms with Crippen LogP contribution >= 0.6 is 0 Å². The van der Waals surface area contributed by atoms with Crippen LogP contribution in [0.2, 0.25) is 0 Å². The topological polar surface area (TPSA) is 35.6 Å². The fourth-order valence-electron chi connectivity index (χ4n) is 2.58. The van der Waals surface area contributed by atoms with Crippen LogP contribution in [-0.2, 0) is 0 Å². The number of piperidine rings is 1. The van der Waals surface area contributed by atoms with Gasteiger partial charge in [-0.05, 0) is 37.1 Å². The highest BCUT2D eigenvalue weighted by Crippen LogP contribution is 2.22. The zero-order valence-electron chi connectivity index (χ0n) is 12.2. The maximum Gasteiger partial charge on any atom is 0.318 e. The van der Waals surface area contributed by atoms with Crippen molar-refractivity contribution in [3.05, 3.63) is 30.1 Å². The third-order valence-corrected chi connectivity index (χ3v) is 3.87. The zero-order valence-corrected chi connectivity index (χ0v) is 12.2. The number of hydrogen-bond donors (Lipinski definition) is 1. The predicted octanol–water partition coefficient (Wildman–Crippen LogP) is 2.07. The third-order valence-electron chi connectivity index (χ3n) is 3.87. The Bertz CT molecular complexity index is 515. The van der Waals surface area contributed by atoms with Crippen molar-refractivity contribution in [2.75, 3.05) is 31.6 Å². The summed E-state index contributed by atoms with van der Waals surface area (Å²) in [4.78, 5) is 15.8. The van der Waals surface area contributed by atoms with Gasteiger partial charge in [-0.3, -0.25) is 0 Å². The molecule has 4 nitrogen and oxygen atoms in total. The molecular formula is C16H20FN3O. The van der Waals surface area contributed by atoms with Crippen LogP contribution in [0.3, 0.4) is 0 Å². The fraction of sp³-hybridized carbons (Fsp3) is 0.438. The van der Waals surface area contributed by atoms with Crippen LogP contribution in [0.25, 0.3) is 0 Å². The molecule has 0 spiro atoms. The molecule has 1 saturated heterocycles. The molecule has 0 bridgehead atoms. The summed E-state index contributed by atoms with van der Waals surface area (Å²) < 4.78 is 12.9. The summed E-state index contributed by atoms with van der Waals surface area (Å²) in [5, 5.41) is 2.67. The van der Waals surface area contributed by atoms with Gasteiger partial charge < -0.3 is 15.1 Å². The van der Waals surface area contributed by atoms with Crippen molar-refractivity contribution in [2.45, 2.75) is 18.9 Å². The van der Waals surface area contributed by atoms with Crippen LogP contribution in [0.5, 0.6) is 0 Å². The van der Waals surface area contributed by atoms with E-state index in [0.717, 1.165) is 31.6 Å². The summed E-state index contributed by atoms with van der Waals surface area (Å²) in [6.07, 6.45) is 6.90. The molecule has 2 rings (SSSR count). The van der Waals surface area contributed by atoms with Gasteiger partial charge in [0.1, 0.15) is 5.82 Å². The summed E-state index contributed by atoms with van der Waals surface area (Å²) in [7, 11) is 1.80. The molecule has 1 N–H and O–H groups in total. The molecule has 1 aliphatic heterocycles. The van der Waals surface area contributed by atoms with Gasteiger partial charge in [0.15, 0.2) is 0 Å². The van der Waals surface area contributed by atoms with E-state index in [4.69, 9.17) is 6.42 Å². The van der Waals surface area contributed by atoms with Crippen LogP contribution in [0.4, 0.5) is 14.9 Å². The molecule has 0 unspecified atom stereocenters. The summed E-state index contributed by atoms with van der Waals surface area (Å²) in [6.45, 7) is 1.95. The van der Waals surface area contributed by atoms with Crippen molar-refractivity contribution >= 4 is 11.7 Å². The Morgan fingerprint density at radius 2 is 2.05 bits per heavy atom. The standard InChI is InChI=1S/C16H20FN3O/c1-3-10-18-16(21)19(2)14-8-11-20(12-9-14)15-6-4-13(17)5-7-15/h1,4-7,14H,8-12H2,2H3,(H,18,21). The molecule has 0 saturated carbocycles. The number of rotatable bonds is 3. The third kappa shape index (κ3) is 3.88. The highest BCUT2D eigenvalue weighted by Gasteiger charge is 2.25. The van der Waals surface area contributed by atoms with E-state index in [1.54, 1.807) is 24.1 Å². The molecule has 1 fully saturated rings. The number of amides is 2. The van der Waals surface area contributed by atoms with Crippen molar-refractivity contribution in [2.24, 2.45) is 0 Å². The Labute approximate surface area is 124 Å². The maximum atomic E-state index is 12.9. The number of nitrogens with one attached hydrogen (secondary N) is 1. The highest BCUT2D eigenvalue weighted by atomic mass is 19.1. The van der Waals surface area contributed by atoms with E-state index in [0.29, 0.717) is 0 Å². The molecule has 0 radical (unpaired) electrons. The first-order chi connectivity index (χ1) is 10.1. The first-order valence-electron chi connectivity index (χ1n) is 7.06. The van der Waals surface area contributed by atoms with Gasteiger partial charge in [-0.2, -0.15) is 0 Å². The number of carbonyl (C=O) groups is 1. The molecule has 112 valence electrons. The van der Waals surface area contributed by atoms with Crippen LogP contribution in [0.1, 0.15) is 12.8 Å². The Kier molecular flexibility index (Phi) is 5.04. The first-order valence-corrected chi connectivity index (χ1v) is 7.06. The minimum atomic E-state index is -0.224. The van der Waals surface area contributed by atoms with Gasteiger partial charge in [-0.25, -0.2) is 9.18 Å². The summed E-state index contributed by atoms with van der Waals surface area (Å²) in [5.74, 6) is 2.17. The summed E-state index contributed by atoms with van der Waals surface area (Å²) in [5.41, 5.74) is 1.02. The molecule has 1 heterocycles. The fourth-order valence-corrected chi connectivity index (χ4v) is 2.58. The molecule has 21 heavy (non-hydrogen) atoms. The SMILES string of the molecule is C#CCNC(=O)N(C)C1CCN(c2ccc(F)cc2)CC1. The van der Waals surface area contributed by atoms with Gasteiger partial charge in [0, 0.05) is 31.9 Å². The number of nitrogens with zero attached hydrogens (tertiary/aromatic N) is 2. The van der Waals surface area contributed by atoms with E-state index in [-0.39, 0.29) is 24.4 Å². The zero-order chi connectivity index (χ0) is 15.2. The predicted molar refractivity (Wildman–Crippen MR) is 81.6 cm³/mol. The smallest absolute Gasteiger partial charge is 0.318 e. The highest BCUT2D eigenvalue weighted by molar-refractivity contribution is 5.74. The quantitative estimate of drug-likeness (QED) is 0.865. The second-order valence-electron chi connectivity index (χ2n) is 5.17. The Balaban J connectivity index is 1.86.